The number of carbonyl (C=O) groups excluding carboxylic acids is 2. The highest BCUT2D eigenvalue weighted by atomic mass is 16.5. The first-order valence-corrected chi connectivity index (χ1v) is 14.0. The highest BCUT2D eigenvalue weighted by molar-refractivity contribution is 5.90. The van der Waals surface area contributed by atoms with Crippen molar-refractivity contribution in [2.75, 3.05) is 41.4 Å². The largest absolute Gasteiger partial charge is 0.365 e. The van der Waals surface area contributed by atoms with Gasteiger partial charge in [-0.2, -0.15) is 0 Å². The summed E-state index contributed by atoms with van der Waals surface area (Å²) in [4.78, 5) is 28.8. The van der Waals surface area contributed by atoms with Gasteiger partial charge >= 0.3 is 0 Å². The zero-order valence-corrected chi connectivity index (χ0v) is 23.4. The Morgan fingerprint density at radius 2 is 0.765 bits per heavy atom. The Labute approximate surface area is 211 Å². The van der Waals surface area contributed by atoms with E-state index >= 15 is 0 Å². The molecule has 0 unspecified atom stereocenters. The van der Waals surface area contributed by atoms with E-state index in [2.05, 4.69) is 13.8 Å². The summed E-state index contributed by atoms with van der Waals surface area (Å²) < 4.78 is 12.0. The fraction of sp³-hybridized carbons (Fsp3) is 0.929. The molecule has 202 valence electrons. The van der Waals surface area contributed by atoms with Crippen LogP contribution in [0.15, 0.2) is 0 Å². The van der Waals surface area contributed by atoms with Crippen LogP contribution in [0.5, 0.6) is 0 Å². The Morgan fingerprint density at radius 1 is 0.500 bits per heavy atom. The third-order valence-corrected chi connectivity index (χ3v) is 6.23. The lowest BCUT2D eigenvalue weighted by Gasteiger charge is -2.29. The predicted octanol–water partition coefficient (Wildman–Crippen LogP) is 6.21. The lowest BCUT2D eigenvalue weighted by atomic mass is 10.1. The van der Waals surface area contributed by atoms with Crippen LogP contribution in [-0.2, 0) is 19.1 Å². The van der Waals surface area contributed by atoms with Crippen molar-refractivity contribution in [1.82, 2.24) is 9.80 Å². The first-order chi connectivity index (χ1) is 16.4. The van der Waals surface area contributed by atoms with Gasteiger partial charge in [0, 0.05) is 41.4 Å². The number of likely N-dealkylation sites (N-methyl/N-ethyl adjacent to an activating group) is 2. The molecule has 34 heavy (non-hydrogen) atoms. The standard InChI is InChI=1S/C28H56N2O4/c1-7-9-11-13-15-17-19-21-23-33-25(27(31)29(3)4)26(28(32)30(5)6)34-24-22-20-18-16-14-12-10-8-2/h25-26H,7-24H2,1-6H3/t25-,26-/m1/s1. The second kappa shape index (κ2) is 22.3. The number of amides is 2. The Bertz CT molecular complexity index is 453. The van der Waals surface area contributed by atoms with Crippen molar-refractivity contribution in [1.29, 1.82) is 0 Å². The van der Waals surface area contributed by atoms with E-state index in [1.807, 2.05) is 0 Å². The summed E-state index contributed by atoms with van der Waals surface area (Å²) in [5.74, 6) is -0.425. The molecule has 6 heteroatoms. The van der Waals surface area contributed by atoms with Gasteiger partial charge in [0.2, 0.25) is 0 Å². The van der Waals surface area contributed by atoms with Crippen LogP contribution in [-0.4, -0.2) is 75.2 Å². The van der Waals surface area contributed by atoms with Crippen LogP contribution in [0, 0.1) is 0 Å². The lowest BCUT2D eigenvalue weighted by molar-refractivity contribution is -0.166. The number of ether oxygens (including phenoxy) is 2. The molecule has 0 fully saturated rings. The number of hydrogen-bond donors (Lipinski definition) is 0. The van der Waals surface area contributed by atoms with Crippen LogP contribution in [0.3, 0.4) is 0 Å². The summed E-state index contributed by atoms with van der Waals surface area (Å²) >= 11 is 0. The molecule has 0 aliphatic carbocycles. The molecule has 2 atom stereocenters. The van der Waals surface area contributed by atoms with Crippen molar-refractivity contribution < 1.29 is 19.1 Å². The van der Waals surface area contributed by atoms with Gasteiger partial charge in [0.1, 0.15) is 0 Å². The molecule has 0 N–H and O–H groups in total. The summed E-state index contributed by atoms with van der Waals surface area (Å²) in [5, 5.41) is 0. The molecule has 0 saturated heterocycles. The molecule has 6 nitrogen and oxygen atoms in total. The minimum absolute atomic E-state index is 0.212. The van der Waals surface area contributed by atoms with E-state index in [1.54, 1.807) is 28.2 Å². The molecule has 0 rings (SSSR count). The minimum atomic E-state index is -0.900. The Kier molecular flexibility index (Phi) is 21.6. The molecule has 0 bridgehead atoms. The van der Waals surface area contributed by atoms with Gasteiger partial charge in [0.15, 0.2) is 12.2 Å². The average Bonchev–Trinajstić information content (AvgIpc) is 2.81. The van der Waals surface area contributed by atoms with Gasteiger partial charge in [-0.1, -0.05) is 104 Å². The molecule has 0 saturated carbocycles. The zero-order valence-electron chi connectivity index (χ0n) is 23.4. The van der Waals surface area contributed by atoms with E-state index in [4.69, 9.17) is 9.47 Å². The normalized spacial score (nSPS) is 13.0. The topological polar surface area (TPSA) is 59.1 Å². The van der Waals surface area contributed by atoms with Crippen LogP contribution >= 0.6 is 0 Å². The summed E-state index contributed by atoms with van der Waals surface area (Å²) in [6.45, 7) is 5.40. The van der Waals surface area contributed by atoms with E-state index in [9.17, 15) is 9.59 Å². The smallest absolute Gasteiger partial charge is 0.254 e. The molecular weight excluding hydrogens is 428 g/mol. The van der Waals surface area contributed by atoms with Gasteiger partial charge < -0.3 is 19.3 Å². The maximum absolute atomic E-state index is 12.9. The van der Waals surface area contributed by atoms with E-state index in [0.29, 0.717) is 13.2 Å². The molecule has 0 aromatic carbocycles. The summed E-state index contributed by atoms with van der Waals surface area (Å²) in [5.41, 5.74) is 0. The Balaban J connectivity index is 4.62. The van der Waals surface area contributed by atoms with E-state index in [1.165, 1.54) is 86.8 Å². The number of unbranched alkanes of at least 4 members (excludes halogenated alkanes) is 14. The number of nitrogens with zero attached hydrogens (tertiary/aromatic N) is 2. The summed E-state index contributed by atoms with van der Waals surface area (Å²) in [6, 6.07) is 0. The monoisotopic (exact) mass is 484 g/mol. The van der Waals surface area contributed by atoms with Crippen molar-refractivity contribution in [3.8, 4) is 0 Å². The van der Waals surface area contributed by atoms with Gasteiger partial charge in [-0.3, -0.25) is 9.59 Å². The number of rotatable bonds is 23. The van der Waals surface area contributed by atoms with Crippen molar-refractivity contribution >= 4 is 11.8 Å². The van der Waals surface area contributed by atoms with Crippen molar-refractivity contribution in [2.24, 2.45) is 0 Å². The number of carbonyl (C=O) groups is 2. The van der Waals surface area contributed by atoms with Crippen LogP contribution in [0.1, 0.15) is 117 Å². The second-order valence-corrected chi connectivity index (χ2v) is 10.00. The SMILES string of the molecule is CCCCCCCCCCO[C@@H](C(=O)N(C)C)[C@@H](OCCCCCCCCCC)C(=O)N(C)C. The molecule has 0 radical (unpaired) electrons. The van der Waals surface area contributed by atoms with Gasteiger partial charge in [-0.15, -0.1) is 0 Å². The third kappa shape index (κ3) is 16.5. The Morgan fingerprint density at radius 3 is 1.03 bits per heavy atom. The molecule has 0 aromatic rings. The van der Waals surface area contributed by atoms with Gasteiger partial charge in [-0.05, 0) is 12.8 Å². The van der Waals surface area contributed by atoms with Gasteiger partial charge in [-0.25, -0.2) is 0 Å². The quantitative estimate of drug-likeness (QED) is 0.162. The van der Waals surface area contributed by atoms with Crippen LogP contribution in [0.4, 0.5) is 0 Å². The Hall–Kier alpha value is -1.14. The molecule has 0 aromatic heterocycles. The summed E-state index contributed by atoms with van der Waals surface area (Å²) in [6.07, 6.45) is 17.4. The number of hydrogen-bond acceptors (Lipinski definition) is 4. The average molecular weight is 485 g/mol. The van der Waals surface area contributed by atoms with E-state index < -0.39 is 12.2 Å². The molecule has 2 amide bonds. The van der Waals surface area contributed by atoms with Crippen LogP contribution in [0.2, 0.25) is 0 Å². The second-order valence-electron chi connectivity index (χ2n) is 10.00. The first kappa shape index (κ1) is 32.9. The van der Waals surface area contributed by atoms with Crippen molar-refractivity contribution in [3.63, 3.8) is 0 Å². The van der Waals surface area contributed by atoms with Gasteiger partial charge in [0.05, 0.1) is 0 Å². The zero-order chi connectivity index (χ0) is 25.6. The highest BCUT2D eigenvalue weighted by Gasteiger charge is 2.37. The highest BCUT2D eigenvalue weighted by Crippen LogP contribution is 2.15. The summed E-state index contributed by atoms with van der Waals surface area (Å²) in [7, 11) is 6.80. The molecule has 0 aliphatic heterocycles. The third-order valence-electron chi connectivity index (χ3n) is 6.23. The molecule has 0 spiro atoms. The maximum Gasteiger partial charge on any atom is 0.254 e. The molecular formula is C28H56N2O4. The molecule has 0 aliphatic rings. The van der Waals surface area contributed by atoms with Gasteiger partial charge in [0.25, 0.3) is 11.8 Å². The first-order valence-electron chi connectivity index (χ1n) is 14.0. The predicted molar refractivity (Wildman–Crippen MR) is 142 cm³/mol. The van der Waals surface area contributed by atoms with E-state index in [-0.39, 0.29) is 11.8 Å². The fourth-order valence-corrected chi connectivity index (χ4v) is 3.98. The molecule has 0 heterocycles. The fourth-order valence-electron chi connectivity index (χ4n) is 3.98. The lowest BCUT2D eigenvalue weighted by Crippen LogP contribution is -2.51. The van der Waals surface area contributed by atoms with Crippen LogP contribution in [0.25, 0.3) is 0 Å². The van der Waals surface area contributed by atoms with Crippen molar-refractivity contribution in [3.05, 3.63) is 0 Å². The minimum Gasteiger partial charge on any atom is -0.365 e. The van der Waals surface area contributed by atoms with Crippen molar-refractivity contribution in [2.45, 2.75) is 129 Å². The van der Waals surface area contributed by atoms with E-state index in [0.717, 1.165) is 25.7 Å². The maximum atomic E-state index is 12.9. The van der Waals surface area contributed by atoms with Crippen LogP contribution < -0.4 is 0 Å².